The van der Waals surface area contributed by atoms with Gasteiger partial charge in [-0.15, -0.1) is 0 Å². The Labute approximate surface area is 134 Å². The van der Waals surface area contributed by atoms with Gasteiger partial charge in [0.1, 0.15) is 11.7 Å². The van der Waals surface area contributed by atoms with Gasteiger partial charge in [0.15, 0.2) is 0 Å². The number of nitrogens with one attached hydrogen (secondary N) is 1. The molecule has 1 aliphatic rings. The molecule has 5 nitrogen and oxygen atoms in total. The van der Waals surface area contributed by atoms with Crippen LogP contribution in [0.15, 0.2) is 42.6 Å². The van der Waals surface area contributed by atoms with Crippen molar-refractivity contribution in [2.24, 2.45) is 0 Å². The van der Waals surface area contributed by atoms with Crippen molar-refractivity contribution < 1.29 is 9.59 Å². The molecule has 3 aromatic rings. The summed E-state index contributed by atoms with van der Waals surface area (Å²) in [7, 11) is 0. The molecule has 0 aliphatic carbocycles. The molecule has 3 heterocycles. The van der Waals surface area contributed by atoms with E-state index in [1.807, 2.05) is 54.8 Å². The lowest BCUT2D eigenvalue weighted by Crippen LogP contribution is -2.41. The summed E-state index contributed by atoms with van der Waals surface area (Å²) in [5, 5.41) is 4.52. The van der Waals surface area contributed by atoms with E-state index in [-0.39, 0.29) is 17.9 Å². The summed E-state index contributed by atoms with van der Waals surface area (Å²) in [6, 6.07) is 11.5. The lowest BCUT2D eigenvalue weighted by atomic mass is 10.1. The van der Waals surface area contributed by atoms with E-state index in [0.717, 1.165) is 21.9 Å². The number of pyridine rings is 1. The zero-order valence-corrected chi connectivity index (χ0v) is 13.2. The first-order valence-electron chi connectivity index (χ1n) is 7.93. The number of piperidine rings is 1. The van der Waals surface area contributed by atoms with Gasteiger partial charge in [-0.05, 0) is 24.6 Å². The van der Waals surface area contributed by atoms with Crippen molar-refractivity contribution in [2.45, 2.75) is 32.7 Å². The number of rotatable bonds is 1. The van der Waals surface area contributed by atoms with E-state index in [0.29, 0.717) is 12.8 Å². The van der Waals surface area contributed by atoms with E-state index >= 15 is 0 Å². The fourth-order valence-electron chi connectivity index (χ4n) is 3.07. The summed E-state index contributed by atoms with van der Waals surface area (Å²) in [5.74, 6) is -0.454. The topological polar surface area (TPSA) is 64.0 Å². The van der Waals surface area contributed by atoms with Crippen LogP contribution >= 0.6 is 0 Å². The highest BCUT2D eigenvalue weighted by Crippen LogP contribution is 2.32. The van der Waals surface area contributed by atoms with E-state index in [1.54, 1.807) is 6.20 Å². The first-order chi connectivity index (χ1) is 11.3. The standard InChI is InChI=1S/C16H13N3O2.C2H6/c20-14-8-7-13(16(21)18-14)19-12-6-2-1-4-10(12)11-5-3-9-17-15(11)19;1-2/h1-6,9,13H,7-8H2,(H,18,20,21);1-2H3. The van der Waals surface area contributed by atoms with Gasteiger partial charge in [-0.3, -0.25) is 14.9 Å². The number of carbonyl (C=O) groups excluding carboxylic acids is 2. The van der Waals surface area contributed by atoms with Crippen molar-refractivity contribution >= 4 is 33.8 Å². The van der Waals surface area contributed by atoms with Crippen molar-refractivity contribution in [3.05, 3.63) is 42.6 Å². The van der Waals surface area contributed by atoms with Crippen LogP contribution in [0.25, 0.3) is 21.9 Å². The molecular weight excluding hydrogens is 290 g/mol. The maximum atomic E-state index is 12.2. The molecular formula is C18H19N3O2. The summed E-state index contributed by atoms with van der Waals surface area (Å²) >= 11 is 0. The molecule has 1 atom stereocenters. The highest BCUT2D eigenvalue weighted by Gasteiger charge is 2.30. The second-order valence-electron chi connectivity index (χ2n) is 5.23. The Morgan fingerprint density at radius 3 is 2.61 bits per heavy atom. The quantitative estimate of drug-likeness (QED) is 0.702. The SMILES string of the molecule is CC.O=C1CCC(n2c3ccccc3c3cccnc32)C(=O)N1. The average Bonchev–Trinajstić information content (AvgIpc) is 2.92. The van der Waals surface area contributed by atoms with Crippen LogP contribution in [-0.4, -0.2) is 21.4 Å². The molecule has 0 spiro atoms. The van der Waals surface area contributed by atoms with E-state index in [4.69, 9.17) is 0 Å². The minimum absolute atomic E-state index is 0.204. The Hall–Kier alpha value is -2.69. The molecule has 1 saturated heterocycles. The third kappa shape index (κ3) is 2.48. The summed E-state index contributed by atoms with van der Waals surface area (Å²) in [4.78, 5) is 28.0. The van der Waals surface area contributed by atoms with Crippen molar-refractivity contribution in [1.29, 1.82) is 0 Å². The second kappa shape index (κ2) is 6.20. The summed E-state index contributed by atoms with van der Waals surface area (Å²) in [5.41, 5.74) is 1.76. The molecule has 0 radical (unpaired) electrons. The normalized spacial score (nSPS) is 17.7. The molecule has 118 valence electrons. The maximum Gasteiger partial charge on any atom is 0.249 e. The minimum atomic E-state index is -0.389. The molecule has 4 rings (SSSR count). The maximum absolute atomic E-state index is 12.2. The first-order valence-corrected chi connectivity index (χ1v) is 7.93. The molecule has 2 aromatic heterocycles. The summed E-state index contributed by atoms with van der Waals surface area (Å²) < 4.78 is 1.95. The molecule has 1 fully saturated rings. The van der Waals surface area contributed by atoms with E-state index in [2.05, 4.69) is 10.3 Å². The molecule has 0 bridgehead atoms. The monoisotopic (exact) mass is 309 g/mol. The number of amides is 2. The highest BCUT2D eigenvalue weighted by atomic mass is 16.2. The van der Waals surface area contributed by atoms with Crippen LogP contribution in [0.2, 0.25) is 0 Å². The Balaban J connectivity index is 0.000000753. The Morgan fingerprint density at radius 1 is 1.09 bits per heavy atom. The van der Waals surface area contributed by atoms with Crippen LogP contribution in [0.3, 0.4) is 0 Å². The number of para-hydroxylation sites is 1. The molecule has 2 amide bonds. The Morgan fingerprint density at radius 2 is 1.83 bits per heavy atom. The van der Waals surface area contributed by atoms with Gasteiger partial charge in [0.05, 0.1) is 5.52 Å². The zero-order chi connectivity index (χ0) is 16.4. The Kier molecular flexibility index (Phi) is 4.10. The molecule has 0 saturated carbocycles. The third-order valence-electron chi connectivity index (χ3n) is 3.99. The Bertz CT molecular complexity index is 829. The molecule has 1 aliphatic heterocycles. The summed E-state index contributed by atoms with van der Waals surface area (Å²) in [6.45, 7) is 4.00. The molecule has 1 N–H and O–H groups in total. The second-order valence-corrected chi connectivity index (χ2v) is 5.23. The van der Waals surface area contributed by atoms with Crippen LogP contribution in [0.1, 0.15) is 32.7 Å². The van der Waals surface area contributed by atoms with Crippen LogP contribution in [0.4, 0.5) is 0 Å². The lowest BCUT2D eigenvalue weighted by Gasteiger charge is -2.23. The van der Waals surface area contributed by atoms with E-state index in [9.17, 15) is 9.59 Å². The third-order valence-corrected chi connectivity index (χ3v) is 3.99. The number of hydrogen-bond acceptors (Lipinski definition) is 3. The number of hydrogen-bond donors (Lipinski definition) is 1. The number of fused-ring (bicyclic) bond motifs is 3. The number of nitrogens with zero attached hydrogens (tertiary/aromatic N) is 2. The minimum Gasteiger partial charge on any atom is -0.313 e. The molecule has 1 aromatic carbocycles. The number of carbonyl (C=O) groups is 2. The molecule has 1 unspecified atom stereocenters. The van der Waals surface area contributed by atoms with Gasteiger partial charge in [-0.2, -0.15) is 0 Å². The van der Waals surface area contributed by atoms with Gasteiger partial charge in [0.25, 0.3) is 0 Å². The van der Waals surface area contributed by atoms with Crippen LogP contribution in [-0.2, 0) is 9.59 Å². The molecule has 5 heteroatoms. The number of benzene rings is 1. The zero-order valence-electron chi connectivity index (χ0n) is 13.2. The lowest BCUT2D eigenvalue weighted by molar-refractivity contribution is -0.135. The smallest absolute Gasteiger partial charge is 0.249 e. The van der Waals surface area contributed by atoms with Gasteiger partial charge in [-0.25, -0.2) is 4.98 Å². The van der Waals surface area contributed by atoms with Crippen molar-refractivity contribution in [3.8, 4) is 0 Å². The summed E-state index contributed by atoms with van der Waals surface area (Å²) in [6.07, 6.45) is 2.59. The van der Waals surface area contributed by atoms with Crippen molar-refractivity contribution in [2.75, 3.05) is 0 Å². The predicted molar refractivity (Wildman–Crippen MR) is 90.0 cm³/mol. The number of imide groups is 1. The van der Waals surface area contributed by atoms with Crippen LogP contribution in [0.5, 0.6) is 0 Å². The van der Waals surface area contributed by atoms with E-state index in [1.165, 1.54) is 0 Å². The molecule has 23 heavy (non-hydrogen) atoms. The predicted octanol–water partition coefficient (Wildman–Crippen LogP) is 3.19. The van der Waals surface area contributed by atoms with Gasteiger partial charge >= 0.3 is 0 Å². The van der Waals surface area contributed by atoms with Gasteiger partial charge < -0.3 is 4.57 Å². The average molecular weight is 309 g/mol. The first kappa shape index (κ1) is 15.2. The van der Waals surface area contributed by atoms with Crippen LogP contribution in [0, 0.1) is 0 Å². The highest BCUT2D eigenvalue weighted by molar-refractivity contribution is 6.08. The van der Waals surface area contributed by atoms with E-state index < -0.39 is 0 Å². The fourth-order valence-corrected chi connectivity index (χ4v) is 3.07. The van der Waals surface area contributed by atoms with Crippen molar-refractivity contribution in [3.63, 3.8) is 0 Å². The van der Waals surface area contributed by atoms with Gasteiger partial charge in [0.2, 0.25) is 11.8 Å². The van der Waals surface area contributed by atoms with Crippen molar-refractivity contribution in [1.82, 2.24) is 14.9 Å². The largest absolute Gasteiger partial charge is 0.313 e. The fraction of sp³-hybridized carbons (Fsp3) is 0.278. The van der Waals surface area contributed by atoms with Gasteiger partial charge in [-0.1, -0.05) is 32.0 Å². The van der Waals surface area contributed by atoms with Gasteiger partial charge in [0, 0.05) is 23.4 Å². The number of aromatic nitrogens is 2. The van der Waals surface area contributed by atoms with Crippen LogP contribution < -0.4 is 5.32 Å².